The highest BCUT2D eigenvalue weighted by Crippen LogP contribution is 2.39. The predicted molar refractivity (Wildman–Crippen MR) is 178 cm³/mol. The highest BCUT2D eigenvalue weighted by atomic mass is 16.3. The largest absolute Gasteiger partial charge is 0.455 e. The molecule has 0 fully saturated rings. The normalized spacial score (nSPS) is 11.7. The van der Waals surface area contributed by atoms with E-state index in [4.69, 9.17) is 9.40 Å². The summed E-state index contributed by atoms with van der Waals surface area (Å²) >= 11 is 0. The SMILES string of the molecule is c1cnc2c(c1)ccc1ccc(-c3ccc(-c4ccc(-c5cccc6c5oc5ccccc56)cc4)c4ccccc34)nc12. The van der Waals surface area contributed by atoms with Gasteiger partial charge in [-0.15, -0.1) is 0 Å². The Bertz CT molecular complexity index is 2510. The van der Waals surface area contributed by atoms with Gasteiger partial charge in [-0.25, -0.2) is 4.98 Å². The Morgan fingerprint density at radius 2 is 1.07 bits per heavy atom. The summed E-state index contributed by atoms with van der Waals surface area (Å²) in [5.74, 6) is 0. The molecular weight excluding hydrogens is 524 g/mol. The van der Waals surface area contributed by atoms with Crippen molar-refractivity contribution in [1.82, 2.24) is 9.97 Å². The molecule has 3 aromatic heterocycles. The molecule has 0 amide bonds. The molecule has 9 rings (SSSR count). The van der Waals surface area contributed by atoms with Crippen molar-refractivity contribution >= 4 is 54.5 Å². The van der Waals surface area contributed by atoms with Crippen LogP contribution in [0.4, 0.5) is 0 Å². The van der Waals surface area contributed by atoms with Gasteiger partial charge in [0.15, 0.2) is 0 Å². The first-order chi connectivity index (χ1) is 21.3. The fourth-order valence-corrected chi connectivity index (χ4v) is 6.45. The molecule has 6 aromatic carbocycles. The van der Waals surface area contributed by atoms with Gasteiger partial charge in [0.1, 0.15) is 11.2 Å². The Labute approximate surface area is 247 Å². The number of para-hydroxylation sites is 2. The molecule has 0 radical (unpaired) electrons. The van der Waals surface area contributed by atoms with E-state index < -0.39 is 0 Å². The van der Waals surface area contributed by atoms with Gasteiger partial charge in [-0.05, 0) is 45.7 Å². The molecule has 0 unspecified atom stereocenters. The molecule has 0 aliphatic carbocycles. The van der Waals surface area contributed by atoms with Crippen molar-refractivity contribution in [3.63, 3.8) is 0 Å². The van der Waals surface area contributed by atoms with Gasteiger partial charge in [0.25, 0.3) is 0 Å². The quantitative estimate of drug-likeness (QED) is 0.206. The molecule has 9 aromatic rings. The molecule has 0 saturated heterocycles. The van der Waals surface area contributed by atoms with Crippen LogP contribution in [-0.2, 0) is 0 Å². The minimum absolute atomic E-state index is 0.915. The Morgan fingerprint density at radius 3 is 1.91 bits per heavy atom. The van der Waals surface area contributed by atoms with Gasteiger partial charge in [-0.3, -0.25) is 4.98 Å². The summed E-state index contributed by atoms with van der Waals surface area (Å²) in [6.07, 6.45) is 1.84. The third-order valence-corrected chi connectivity index (χ3v) is 8.54. The lowest BCUT2D eigenvalue weighted by molar-refractivity contribution is 0.670. The Balaban J connectivity index is 1.15. The molecule has 0 saturated carbocycles. The maximum absolute atomic E-state index is 6.31. The lowest BCUT2D eigenvalue weighted by Crippen LogP contribution is -1.91. The second-order valence-electron chi connectivity index (χ2n) is 11.0. The van der Waals surface area contributed by atoms with E-state index in [1.807, 2.05) is 24.4 Å². The Kier molecular flexibility index (Phi) is 5.20. The lowest BCUT2D eigenvalue weighted by Gasteiger charge is -2.13. The van der Waals surface area contributed by atoms with Crippen molar-refractivity contribution in [1.29, 1.82) is 0 Å². The van der Waals surface area contributed by atoms with Crippen molar-refractivity contribution in [2.75, 3.05) is 0 Å². The number of pyridine rings is 2. The number of hydrogen-bond donors (Lipinski definition) is 0. The van der Waals surface area contributed by atoms with Crippen molar-refractivity contribution < 1.29 is 4.42 Å². The van der Waals surface area contributed by atoms with Gasteiger partial charge < -0.3 is 4.42 Å². The van der Waals surface area contributed by atoms with Gasteiger partial charge in [-0.2, -0.15) is 0 Å². The maximum Gasteiger partial charge on any atom is 0.143 e. The summed E-state index contributed by atoms with van der Waals surface area (Å²) in [6, 6.07) is 49.0. The van der Waals surface area contributed by atoms with E-state index in [1.54, 1.807) is 0 Å². The lowest BCUT2D eigenvalue weighted by atomic mass is 9.92. The van der Waals surface area contributed by atoms with Crippen LogP contribution < -0.4 is 0 Å². The van der Waals surface area contributed by atoms with Gasteiger partial charge in [0, 0.05) is 38.9 Å². The number of benzene rings is 6. The molecular formula is C40H24N2O. The van der Waals surface area contributed by atoms with E-state index in [0.717, 1.165) is 66.1 Å². The van der Waals surface area contributed by atoms with E-state index in [-0.39, 0.29) is 0 Å². The Morgan fingerprint density at radius 1 is 0.419 bits per heavy atom. The molecule has 3 heteroatoms. The van der Waals surface area contributed by atoms with Crippen LogP contribution in [-0.4, -0.2) is 9.97 Å². The van der Waals surface area contributed by atoms with E-state index in [0.29, 0.717) is 0 Å². The van der Waals surface area contributed by atoms with Gasteiger partial charge in [-0.1, -0.05) is 121 Å². The number of nitrogens with zero attached hydrogens (tertiary/aromatic N) is 2. The highest BCUT2D eigenvalue weighted by Gasteiger charge is 2.14. The van der Waals surface area contributed by atoms with Crippen molar-refractivity contribution in [3.05, 3.63) is 146 Å². The summed E-state index contributed by atoms with van der Waals surface area (Å²) in [5.41, 5.74) is 10.4. The zero-order valence-electron chi connectivity index (χ0n) is 23.2. The second-order valence-corrected chi connectivity index (χ2v) is 11.0. The Hall–Kier alpha value is -5.80. The van der Waals surface area contributed by atoms with Crippen LogP contribution in [0.25, 0.3) is 88.0 Å². The first-order valence-electron chi connectivity index (χ1n) is 14.5. The van der Waals surface area contributed by atoms with Crippen molar-refractivity contribution in [2.45, 2.75) is 0 Å². The van der Waals surface area contributed by atoms with Crippen molar-refractivity contribution in [3.8, 4) is 33.5 Å². The first-order valence-corrected chi connectivity index (χ1v) is 14.5. The summed E-state index contributed by atoms with van der Waals surface area (Å²) < 4.78 is 6.31. The molecule has 0 spiro atoms. The van der Waals surface area contributed by atoms with Crippen LogP contribution >= 0.6 is 0 Å². The smallest absolute Gasteiger partial charge is 0.143 e. The van der Waals surface area contributed by atoms with Crippen LogP contribution in [0.2, 0.25) is 0 Å². The molecule has 0 aliphatic heterocycles. The average Bonchev–Trinajstić information content (AvgIpc) is 3.47. The summed E-state index contributed by atoms with van der Waals surface area (Å²) in [7, 11) is 0. The zero-order valence-corrected chi connectivity index (χ0v) is 23.2. The van der Waals surface area contributed by atoms with E-state index in [1.165, 1.54) is 21.9 Å². The standard InChI is InChI=1S/C40H24N2O/c1-2-9-32-31(8-1)29(21-22-33(32)36-23-20-28-19-18-27-7-6-24-41-38(27)39(28)42-36)25-14-16-26(17-15-25)30-11-5-12-35-34-10-3-4-13-37(34)43-40(30)35/h1-24H. The van der Waals surface area contributed by atoms with Gasteiger partial charge in [0.05, 0.1) is 16.7 Å². The number of aromatic nitrogens is 2. The average molecular weight is 549 g/mol. The predicted octanol–water partition coefficient (Wildman–Crippen LogP) is 10.8. The molecule has 3 heterocycles. The first kappa shape index (κ1) is 23.9. The second kappa shape index (κ2) is 9.37. The third kappa shape index (κ3) is 3.75. The number of fused-ring (bicyclic) bond motifs is 7. The zero-order chi connectivity index (χ0) is 28.3. The van der Waals surface area contributed by atoms with Gasteiger partial charge >= 0.3 is 0 Å². The molecule has 0 aliphatic rings. The fraction of sp³-hybridized carbons (Fsp3) is 0. The van der Waals surface area contributed by atoms with E-state index in [9.17, 15) is 0 Å². The summed E-state index contributed by atoms with van der Waals surface area (Å²) in [4.78, 5) is 9.79. The van der Waals surface area contributed by atoms with Crippen LogP contribution in [0.5, 0.6) is 0 Å². The summed E-state index contributed by atoms with van der Waals surface area (Å²) in [5, 5.41) is 6.85. The molecule has 43 heavy (non-hydrogen) atoms. The number of furan rings is 1. The fourth-order valence-electron chi connectivity index (χ4n) is 6.45. The van der Waals surface area contributed by atoms with Gasteiger partial charge in [0.2, 0.25) is 0 Å². The van der Waals surface area contributed by atoms with Crippen LogP contribution in [0, 0.1) is 0 Å². The third-order valence-electron chi connectivity index (χ3n) is 8.54. The van der Waals surface area contributed by atoms with E-state index >= 15 is 0 Å². The van der Waals surface area contributed by atoms with Crippen LogP contribution in [0.1, 0.15) is 0 Å². The number of rotatable bonds is 3. The van der Waals surface area contributed by atoms with Crippen LogP contribution in [0.15, 0.2) is 150 Å². The van der Waals surface area contributed by atoms with Crippen LogP contribution in [0.3, 0.4) is 0 Å². The number of hydrogen-bond acceptors (Lipinski definition) is 3. The van der Waals surface area contributed by atoms with E-state index in [2.05, 4.69) is 126 Å². The highest BCUT2D eigenvalue weighted by molar-refractivity contribution is 6.10. The topological polar surface area (TPSA) is 38.9 Å². The molecule has 200 valence electrons. The van der Waals surface area contributed by atoms with Crippen molar-refractivity contribution in [2.24, 2.45) is 0 Å². The molecule has 0 bridgehead atoms. The summed E-state index contributed by atoms with van der Waals surface area (Å²) in [6.45, 7) is 0. The minimum atomic E-state index is 0.915. The monoisotopic (exact) mass is 548 g/mol. The molecule has 0 N–H and O–H groups in total. The molecule has 3 nitrogen and oxygen atoms in total. The maximum atomic E-state index is 6.31. The minimum Gasteiger partial charge on any atom is -0.455 e. The molecule has 0 atom stereocenters.